The number of benzene rings is 1. The van der Waals surface area contributed by atoms with Crippen LogP contribution >= 0.6 is 0 Å². The molecular formula is C14H18N4. The quantitative estimate of drug-likeness (QED) is 0.762. The van der Waals surface area contributed by atoms with Gasteiger partial charge in [-0.3, -0.25) is 5.10 Å². The molecule has 1 aromatic carbocycles. The molecule has 1 aromatic heterocycles. The van der Waals surface area contributed by atoms with Gasteiger partial charge in [0.2, 0.25) is 0 Å². The molecule has 94 valence electrons. The number of nitrogens with one attached hydrogen (secondary N) is 3. The minimum absolute atomic E-state index is 0.622. The Balaban J connectivity index is 1.60. The molecular weight excluding hydrogens is 224 g/mol. The summed E-state index contributed by atoms with van der Waals surface area (Å²) in [6.45, 7) is 3.16. The van der Waals surface area contributed by atoms with Crippen LogP contribution in [0.3, 0.4) is 0 Å². The summed E-state index contributed by atoms with van der Waals surface area (Å²) in [7, 11) is 0. The van der Waals surface area contributed by atoms with E-state index in [0.717, 1.165) is 25.3 Å². The van der Waals surface area contributed by atoms with Crippen molar-refractivity contribution in [1.29, 1.82) is 0 Å². The lowest BCUT2D eigenvalue weighted by Gasteiger charge is -2.11. The van der Waals surface area contributed by atoms with E-state index < -0.39 is 0 Å². The fraction of sp³-hybridized carbons (Fsp3) is 0.357. The maximum Gasteiger partial charge on any atom is 0.0650 e. The van der Waals surface area contributed by atoms with Crippen LogP contribution in [0.4, 0.5) is 0 Å². The number of hydrogen-bond donors (Lipinski definition) is 3. The van der Waals surface area contributed by atoms with E-state index in [2.05, 4.69) is 45.1 Å². The van der Waals surface area contributed by atoms with Crippen molar-refractivity contribution in [3.8, 4) is 11.3 Å². The van der Waals surface area contributed by atoms with Crippen LogP contribution in [0.5, 0.6) is 0 Å². The van der Waals surface area contributed by atoms with E-state index in [9.17, 15) is 0 Å². The van der Waals surface area contributed by atoms with Crippen molar-refractivity contribution in [3.63, 3.8) is 0 Å². The van der Waals surface area contributed by atoms with Gasteiger partial charge in [-0.05, 0) is 30.2 Å². The molecule has 0 radical (unpaired) electrons. The zero-order valence-electron chi connectivity index (χ0n) is 10.3. The van der Waals surface area contributed by atoms with Crippen LogP contribution in [-0.4, -0.2) is 29.3 Å². The van der Waals surface area contributed by atoms with Crippen LogP contribution < -0.4 is 10.6 Å². The molecule has 1 fully saturated rings. The van der Waals surface area contributed by atoms with Gasteiger partial charge in [-0.25, -0.2) is 0 Å². The van der Waals surface area contributed by atoms with Gasteiger partial charge in [-0.1, -0.05) is 24.3 Å². The van der Waals surface area contributed by atoms with Crippen LogP contribution in [0.25, 0.3) is 11.3 Å². The number of hydrogen-bond acceptors (Lipinski definition) is 3. The van der Waals surface area contributed by atoms with E-state index in [-0.39, 0.29) is 0 Å². The first kappa shape index (κ1) is 11.4. The minimum atomic E-state index is 0.622. The molecule has 3 rings (SSSR count). The lowest BCUT2D eigenvalue weighted by atomic mass is 10.1. The summed E-state index contributed by atoms with van der Waals surface area (Å²) in [5, 5.41) is 13.9. The molecule has 0 aliphatic carbocycles. The Kier molecular flexibility index (Phi) is 3.39. The summed E-state index contributed by atoms with van der Waals surface area (Å²) in [6, 6.07) is 11.2. The Hall–Kier alpha value is -1.65. The molecule has 1 aliphatic heterocycles. The summed E-state index contributed by atoms with van der Waals surface area (Å²) in [5.74, 6) is 0. The molecule has 18 heavy (non-hydrogen) atoms. The van der Waals surface area contributed by atoms with E-state index >= 15 is 0 Å². The maximum absolute atomic E-state index is 3.97. The SMILES string of the molecule is c1cc(-c2ccc(CNC3CCNC3)cc2)[nH]n1. The molecule has 2 heterocycles. The number of aromatic nitrogens is 2. The number of aromatic amines is 1. The van der Waals surface area contributed by atoms with Crippen molar-refractivity contribution in [2.24, 2.45) is 0 Å². The molecule has 4 nitrogen and oxygen atoms in total. The van der Waals surface area contributed by atoms with Crippen molar-refractivity contribution < 1.29 is 0 Å². The van der Waals surface area contributed by atoms with Gasteiger partial charge in [0.25, 0.3) is 0 Å². The molecule has 1 saturated heterocycles. The summed E-state index contributed by atoms with van der Waals surface area (Å²) < 4.78 is 0. The molecule has 1 atom stereocenters. The monoisotopic (exact) mass is 242 g/mol. The summed E-state index contributed by atoms with van der Waals surface area (Å²) in [5.41, 5.74) is 3.57. The molecule has 3 N–H and O–H groups in total. The summed E-state index contributed by atoms with van der Waals surface area (Å²) >= 11 is 0. The molecule has 0 saturated carbocycles. The van der Waals surface area contributed by atoms with Crippen LogP contribution in [0.1, 0.15) is 12.0 Å². The molecule has 1 unspecified atom stereocenters. The second kappa shape index (κ2) is 5.33. The highest BCUT2D eigenvalue weighted by Crippen LogP contribution is 2.16. The fourth-order valence-corrected chi connectivity index (χ4v) is 2.31. The van der Waals surface area contributed by atoms with E-state index in [1.165, 1.54) is 17.5 Å². The van der Waals surface area contributed by atoms with Gasteiger partial charge < -0.3 is 10.6 Å². The lowest BCUT2D eigenvalue weighted by molar-refractivity contribution is 0.547. The van der Waals surface area contributed by atoms with Gasteiger partial charge in [0, 0.05) is 25.3 Å². The van der Waals surface area contributed by atoms with Crippen LogP contribution in [-0.2, 0) is 6.54 Å². The molecule has 0 bridgehead atoms. The van der Waals surface area contributed by atoms with Gasteiger partial charge in [0.1, 0.15) is 0 Å². The third-order valence-corrected chi connectivity index (χ3v) is 3.42. The van der Waals surface area contributed by atoms with Gasteiger partial charge in [0.15, 0.2) is 0 Å². The first-order chi connectivity index (χ1) is 8.92. The highest BCUT2D eigenvalue weighted by molar-refractivity contribution is 5.58. The Morgan fingerprint density at radius 3 is 2.78 bits per heavy atom. The molecule has 0 spiro atoms. The van der Waals surface area contributed by atoms with Crippen molar-refractivity contribution >= 4 is 0 Å². The Labute approximate surface area is 107 Å². The third-order valence-electron chi connectivity index (χ3n) is 3.42. The normalized spacial score (nSPS) is 19.2. The Morgan fingerprint density at radius 2 is 2.11 bits per heavy atom. The average molecular weight is 242 g/mol. The number of nitrogens with zero attached hydrogens (tertiary/aromatic N) is 1. The van der Waals surface area contributed by atoms with Crippen LogP contribution in [0, 0.1) is 0 Å². The minimum Gasteiger partial charge on any atom is -0.315 e. The molecule has 0 amide bonds. The smallest absolute Gasteiger partial charge is 0.0650 e. The predicted molar refractivity (Wildman–Crippen MR) is 72.1 cm³/mol. The highest BCUT2D eigenvalue weighted by atomic mass is 15.1. The second-order valence-electron chi connectivity index (χ2n) is 4.74. The van der Waals surface area contributed by atoms with Crippen molar-refractivity contribution in [2.75, 3.05) is 13.1 Å². The van der Waals surface area contributed by atoms with E-state index in [0.29, 0.717) is 6.04 Å². The average Bonchev–Trinajstić information content (AvgIpc) is 3.10. The zero-order chi connectivity index (χ0) is 12.2. The zero-order valence-corrected chi connectivity index (χ0v) is 10.3. The highest BCUT2D eigenvalue weighted by Gasteiger charge is 2.12. The maximum atomic E-state index is 3.97. The van der Waals surface area contributed by atoms with Crippen LogP contribution in [0.15, 0.2) is 36.5 Å². The van der Waals surface area contributed by atoms with Crippen molar-refractivity contribution in [3.05, 3.63) is 42.1 Å². The van der Waals surface area contributed by atoms with Crippen LogP contribution in [0.2, 0.25) is 0 Å². The standard InChI is InChI=1S/C14H18N4/c1-3-12(14-6-8-17-18-14)4-2-11(1)9-16-13-5-7-15-10-13/h1-4,6,8,13,15-16H,5,7,9-10H2,(H,17,18). The Morgan fingerprint density at radius 1 is 1.22 bits per heavy atom. The summed E-state index contributed by atoms with van der Waals surface area (Å²) in [4.78, 5) is 0. The second-order valence-corrected chi connectivity index (χ2v) is 4.74. The molecule has 1 aliphatic rings. The number of H-pyrrole nitrogens is 1. The first-order valence-electron chi connectivity index (χ1n) is 6.44. The molecule has 2 aromatic rings. The van der Waals surface area contributed by atoms with E-state index in [1.807, 2.05) is 6.07 Å². The number of rotatable bonds is 4. The van der Waals surface area contributed by atoms with Gasteiger partial charge >= 0.3 is 0 Å². The topological polar surface area (TPSA) is 52.7 Å². The fourth-order valence-electron chi connectivity index (χ4n) is 2.31. The molecule has 4 heteroatoms. The lowest BCUT2D eigenvalue weighted by Crippen LogP contribution is -2.30. The summed E-state index contributed by atoms with van der Waals surface area (Å²) in [6.07, 6.45) is 3.00. The first-order valence-corrected chi connectivity index (χ1v) is 6.44. The van der Waals surface area contributed by atoms with Gasteiger partial charge in [-0.15, -0.1) is 0 Å². The Bertz CT molecular complexity index is 469. The van der Waals surface area contributed by atoms with Gasteiger partial charge in [-0.2, -0.15) is 5.10 Å². The van der Waals surface area contributed by atoms with Crippen molar-refractivity contribution in [2.45, 2.75) is 19.0 Å². The predicted octanol–water partition coefficient (Wildman–Crippen LogP) is 1.53. The largest absolute Gasteiger partial charge is 0.315 e. The van der Waals surface area contributed by atoms with Gasteiger partial charge in [0.05, 0.1) is 5.69 Å². The van der Waals surface area contributed by atoms with E-state index in [4.69, 9.17) is 0 Å². The van der Waals surface area contributed by atoms with E-state index in [1.54, 1.807) is 6.20 Å². The third kappa shape index (κ3) is 2.60. The van der Waals surface area contributed by atoms with Crippen molar-refractivity contribution in [1.82, 2.24) is 20.8 Å².